The first kappa shape index (κ1) is 16.8. The number of aliphatic hydroxyl groups excluding tert-OH is 1. The molecule has 5 nitrogen and oxygen atoms in total. The molecule has 0 bridgehead atoms. The van der Waals surface area contributed by atoms with Gasteiger partial charge in [-0.3, -0.25) is 4.72 Å². The first-order valence-electron chi connectivity index (χ1n) is 8.08. The summed E-state index contributed by atoms with van der Waals surface area (Å²) in [6.07, 6.45) is 1.84. The second-order valence-corrected chi connectivity index (χ2v) is 7.85. The molecule has 1 saturated carbocycles. The van der Waals surface area contributed by atoms with Gasteiger partial charge in [0.05, 0.1) is 11.8 Å². The first-order chi connectivity index (χ1) is 11.6. The molecule has 2 aromatic rings. The largest absolute Gasteiger partial charge is 0.455 e. The Bertz CT molecular complexity index is 777. The number of anilines is 1. The van der Waals surface area contributed by atoms with Crippen molar-refractivity contribution < 1.29 is 18.3 Å². The molecule has 0 heterocycles. The van der Waals surface area contributed by atoms with Crippen molar-refractivity contribution in [1.29, 1.82) is 0 Å². The quantitative estimate of drug-likeness (QED) is 0.868. The molecule has 2 aromatic carbocycles. The zero-order valence-electron chi connectivity index (χ0n) is 13.3. The molecule has 0 saturated heterocycles. The highest BCUT2D eigenvalue weighted by Crippen LogP contribution is 2.32. The van der Waals surface area contributed by atoms with E-state index in [9.17, 15) is 13.5 Å². The normalized spacial score (nSPS) is 21.2. The van der Waals surface area contributed by atoms with Gasteiger partial charge in [-0.05, 0) is 37.1 Å². The lowest BCUT2D eigenvalue weighted by Crippen LogP contribution is -2.40. The highest BCUT2D eigenvalue weighted by Gasteiger charge is 2.34. The van der Waals surface area contributed by atoms with Gasteiger partial charge < -0.3 is 9.84 Å². The number of rotatable bonds is 5. The van der Waals surface area contributed by atoms with Crippen molar-refractivity contribution in [3.8, 4) is 11.5 Å². The molecule has 3 rings (SSSR count). The molecule has 2 N–H and O–H groups in total. The van der Waals surface area contributed by atoms with E-state index in [2.05, 4.69) is 4.72 Å². The highest BCUT2D eigenvalue weighted by atomic mass is 32.2. The standard InChI is InChI=1S/C18H21NO4S/c20-16-11-5-7-13-18(16)24(21,22)19-15-10-4-6-12-17(15)23-14-8-2-1-3-9-14/h1-4,6,8-10,12,16,18-20H,5,7,11,13H2. The fourth-order valence-corrected chi connectivity index (χ4v) is 4.58. The van der Waals surface area contributed by atoms with Gasteiger partial charge in [-0.15, -0.1) is 0 Å². The molecule has 2 unspecified atom stereocenters. The van der Waals surface area contributed by atoms with Crippen LogP contribution < -0.4 is 9.46 Å². The predicted octanol–water partition coefficient (Wildman–Crippen LogP) is 3.52. The number of aliphatic hydroxyl groups is 1. The molecule has 0 radical (unpaired) electrons. The summed E-state index contributed by atoms with van der Waals surface area (Å²) in [5, 5.41) is 9.26. The molecular formula is C18H21NO4S. The van der Waals surface area contributed by atoms with Gasteiger partial charge >= 0.3 is 0 Å². The number of benzene rings is 2. The number of hydrogen-bond acceptors (Lipinski definition) is 4. The minimum absolute atomic E-state index is 0.374. The third kappa shape index (κ3) is 3.88. The summed E-state index contributed by atoms with van der Waals surface area (Å²) in [6, 6.07) is 16.1. The molecule has 6 heteroatoms. The van der Waals surface area contributed by atoms with Gasteiger partial charge in [0, 0.05) is 0 Å². The summed E-state index contributed by atoms with van der Waals surface area (Å²) in [6.45, 7) is 0. The minimum Gasteiger partial charge on any atom is -0.455 e. The van der Waals surface area contributed by atoms with Gasteiger partial charge in [-0.25, -0.2) is 8.42 Å². The van der Waals surface area contributed by atoms with Crippen molar-refractivity contribution in [3.63, 3.8) is 0 Å². The Morgan fingerprint density at radius 3 is 2.38 bits per heavy atom. The van der Waals surface area contributed by atoms with Crippen LogP contribution >= 0.6 is 0 Å². The summed E-state index contributed by atoms with van der Waals surface area (Å²) in [7, 11) is -3.68. The van der Waals surface area contributed by atoms with E-state index < -0.39 is 21.4 Å². The number of nitrogens with one attached hydrogen (secondary N) is 1. The Hall–Kier alpha value is -2.05. The third-order valence-corrected chi connectivity index (χ3v) is 6.03. The predicted molar refractivity (Wildman–Crippen MR) is 93.8 cm³/mol. The van der Waals surface area contributed by atoms with Crippen molar-refractivity contribution in [1.82, 2.24) is 0 Å². The molecule has 0 spiro atoms. The van der Waals surface area contributed by atoms with Gasteiger partial charge in [0.1, 0.15) is 11.0 Å². The molecule has 0 aromatic heterocycles. The summed E-state index contributed by atoms with van der Waals surface area (Å²) < 4.78 is 33.7. The van der Waals surface area contributed by atoms with Crippen molar-refractivity contribution >= 4 is 15.7 Å². The van der Waals surface area contributed by atoms with Crippen LogP contribution in [0.15, 0.2) is 54.6 Å². The van der Waals surface area contributed by atoms with Crippen LogP contribution in [-0.2, 0) is 10.0 Å². The van der Waals surface area contributed by atoms with Crippen molar-refractivity contribution in [2.45, 2.75) is 37.0 Å². The van der Waals surface area contributed by atoms with Crippen LogP contribution in [-0.4, -0.2) is 24.9 Å². The zero-order valence-corrected chi connectivity index (χ0v) is 14.1. The smallest absolute Gasteiger partial charge is 0.238 e. The molecule has 2 atom stereocenters. The van der Waals surface area contributed by atoms with Gasteiger partial charge in [0.15, 0.2) is 5.75 Å². The molecule has 1 aliphatic rings. The van der Waals surface area contributed by atoms with Gasteiger partial charge in [-0.1, -0.05) is 43.2 Å². The Labute approximate surface area is 142 Å². The number of para-hydroxylation sites is 3. The third-order valence-electron chi connectivity index (χ3n) is 4.18. The van der Waals surface area contributed by atoms with E-state index in [-0.39, 0.29) is 0 Å². The lowest BCUT2D eigenvalue weighted by Gasteiger charge is -2.27. The van der Waals surface area contributed by atoms with Crippen molar-refractivity contribution in [2.75, 3.05) is 4.72 Å². The first-order valence-corrected chi connectivity index (χ1v) is 9.62. The van der Waals surface area contributed by atoms with E-state index in [0.29, 0.717) is 30.0 Å². The summed E-state index contributed by atoms with van der Waals surface area (Å²) in [5.74, 6) is 1.06. The maximum atomic E-state index is 12.6. The molecule has 0 amide bonds. The average Bonchev–Trinajstić information content (AvgIpc) is 2.57. The van der Waals surface area contributed by atoms with Gasteiger partial charge in [0.2, 0.25) is 10.0 Å². The summed E-state index contributed by atoms with van der Waals surface area (Å²) in [5.41, 5.74) is 0.374. The second kappa shape index (κ2) is 7.23. The fraction of sp³-hybridized carbons (Fsp3) is 0.333. The van der Waals surface area contributed by atoms with Crippen LogP contribution in [0.25, 0.3) is 0 Å². The van der Waals surface area contributed by atoms with Gasteiger partial charge in [-0.2, -0.15) is 0 Å². The lowest BCUT2D eigenvalue weighted by atomic mass is 9.97. The summed E-state index contributed by atoms with van der Waals surface area (Å²) >= 11 is 0. The second-order valence-electron chi connectivity index (χ2n) is 5.95. The van der Waals surface area contributed by atoms with Crippen molar-refractivity contribution in [2.24, 2.45) is 0 Å². The maximum absolute atomic E-state index is 12.6. The minimum atomic E-state index is -3.68. The monoisotopic (exact) mass is 347 g/mol. The van der Waals surface area contributed by atoms with E-state index in [0.717, 1.165) is 12.8 Å². The topological polar surface area (TPSA) is 75.6 Å². The van der Waals surface area contributed by atoms with Crippen LogP contribution in [0.2, 0.25) is 0 Å². The molecular weight excluding hydrogens is 326 g/mol. The molecule has 128 valence electrons. The van der Waals surface area contributed by atoms with Crippen LogP contribution in [0.3, 0.4) is 0 Å². The van der Waals surface area contributed by atoms with Crippen molar-refractivity contribution in [3.05, 3.63) is 54.6 Å². The van der Waals surface area contributed by atoms with E-state index in [1.807, 2.05) is 18.2 Å². The molecule has 24 heavy (non-hydrogen) atoms. The Kier molecular flexibility index (Phi) is 5.06. The molecule has 0 aliphatic heterocycles. The maximum Gasteiger partial charge on any atom is 0.238 e. The fourth-order valence-electron chi connectivity index (χ4n) is 2.92. The van der Waals surface area contributed by atoms with Crippen LogP contribution in [0.1, 0.15) is 25.7 Å². The van der Waals surface area contributed by atoms with Crippen LogP contribution in [0.5, 0.6) is 11.5 Å². The SMILES string of the molecule is O=S(=O)(Nc1ccccc1Oc1ccccc1)C1CCCCC1O. The highest BCUT2D eigenvalue weighted by molar-refractivity contribution is 7.93. The van der Waals surface area contributed by atoms with E-state index in [4.69, 9.17) is 4.74 Å². The van der Waals surface area contributed by atoms with Crippen LogP contribution in [0, 0.1) is 0 Å². The molecule has 1 aliphatic carbocycles. The summed E-state index contributed by atoms with van der Waals surface area (Å²) in [4.78, 5) is 0. The number of hydrogen-bond donors (Lipinski definition) is 2. The van der Waals surface area contributed by atoms with Crippen LogP contribution in [0.4, 0.5) is 5.69 Å². The Morgan fingerprint density at radius 1 is 0.958 bits per heavy atom. The zero-order chi connectivity index (χ0) is 17.0. The van der Waals surface area contributed by atoms with E-state index in [1.54, 1.807) is 36.4 Å². The average molecular weight is 347 g/mol. The number of ether oxygens (including phenoxy) is 1. The van der Waals surface area contributed by atoms with E-state index in [1.165, 1.54) is 0 Å². The lowest BCUT2D eigenvalue weighted by molar-refractivity contribution is 0.133. The van der Waals surface area contributed by atoms with E-state index >= 15 is 0 Å². The van der Waals surface area contributed by atoms with Gasteiger partial charge in [0.25, 0.3) is 0 Å². The molecule has 1 fully saturated rings. The number of sulfonamides is 1. The Morgan fingerprint density at radius 2 is 1.62 bits per heavy atom. The Balaban J connectivity index is 1.82.